The lowest BCUT2D eigenvalue weighted by Gasteiger charge is -2.33. The molecule has 0 spiro atoms. The third kappa shape index (κ3) is 3.48. The van der Waals surface area contributed by atoms with Gasteiger partial charge in [0, 0.05) is 25.7 Å². The molecule has 1 fully saturated rings. The number of amides is 1. The molecule has 1 aliphatic rings. The number of carbonyl (C=O) groups excluding carboxylic acids is 1. The number of anilines is 1. The number of furan rings is 1. The van der Waals surface area contributed by atoms with Crippen molar-refractivity contribution < 1.29 is 14.3 Å². The van der Waals surface area contributed by atoms with Crippen molar-refractivity contribution in [3.63, 3.8) is 0 Å². The highest BCUT2D eigenvalue weighted by Gasteiger charge is 2.28. The van der Waals surface area contributed by atoms with Crippen LogP contribution in [0.5, 0.6) is 0 Å². The van der Waals surface area contributed by atoms with Crippen molar-refractivity contribution in [1.29, 1.82) is 5.26 Å². The number of β-amino-alcohol motifs (C(OH)–C–C–N with tert-alkyl or cyclic N) is 1. The summed E-state index contributed by atoms with van der Waals surface area (Å²) in [5.41, 5.74) is 1.30. The van der Waals surface area contributed by atoms with Crippen LogP contribution in [-0.2, 0) is 4.79 Å². The van der Waals surface area contributed by atoms with Crippen molar-refractivity contribution in [1.82, 2.24) is 4.90 Å². The fraction of sp³-hybridized carbons (Fsp3) is 0.333. The highest BCUT2D eigenvalue weighted by Crippen LogP contribution is 2.22. The van der Waals surface area contributed by atoms with Gasteiger partial charge in [0.1, 0.15) is 5.76 Å². The van der Waals surface area contributed by atoms with E-state index in [4.69, 9.17) is 9.68 Å². The first-order valence-corrected chi connectivity index (χ1v) is 7.84. The van der Waals surface area contributed by atoms with Gasteiger partial charge in [-0.3, -0.25) is 14.6 Å². The Hall–Kier alpha value is -2.62. The molecule has 0 bridgehead atoms. The summed E-state index contributed by atoms with van der Waals surface area (Å²) in [4.78, 5) is 15.9. The van der Waals surface area contributed by atoms with E-state index in [2.05, 4.69) is 6.07 Å². The number of benzene rings is 1. The van der Waals surface area contributed by atoms with Gasteiger partial charge in [-0.1, -0.05) is 12.1 Å². The number of hydrogen-bond acceptors (Lipinski definition) is 5. The maximum atomic E-state index is 12.3. The molecule has 1 aromatic heterocycles. The van der Waals surface area contributed by atoms with Gasteiger partial charge in [0.15, 0.2) is 0 Å². The lowest BCUT2D eigenvalue weighted by atomic mass is 10.1. The largest absolute Gasteiger partial charge is 0.445 e. The van der Waals surface area contributed by atoms with Crippen LogP contribution >= 0.6 is 0 Å². The molecule has 0 saturated carbocycles. The molecule has 6 nitrogen and oxygen atoms in total. The summed E-state index contributed by atoms with van der Waals surface area (Å²) in [5, 5.41) is 19.1. The van der Waals surface area contributed by atoms with Crippen LogP contribution < -0.4 is 4.90 Å². The van der Waals surface area contributed by atoms with Crippen LogP contribution in [0.25, 0.3) is 0 Å². The number of piperazine rings is 1. The van der Waals surface area contributed by atoms with Gasteiger partial charge in [-0.2, -0.15) is 5.26 Å². The summed E-state index contributed by atoms with van der Waals surface area (Å²) >= 11 is 0. The van der Waals surface area contributed by atoms with Gasteiger partial charge in [-0.05, 0) is 30.7 Å². The van der Waals surface area contributed by atoms with Gasteiger partial charge in [0.25, 0.3) is 0 Å². The Morgan fingerprint density at radius 3 is 2.58 bits per heavy atom. The maximum Gasteiger partial charge on any atom is 0.243 e. The number of rotatable bonds is 4. The van der Waals surface area contributed by atoms with E-state index in [1.165, 1.54) is 0 Å². The average Bonchev–Trinajstić information content (AvgIpc) is 3.01. The average molecular weight is 325 g/mol. The van der Waals surface area contributed by atoms with E-state index in [1.807, 2.05) is 17.9 Å². The second-order valence-electron chi connectivity index (χ2n) is 5.91. The summed E-state index contributed by atoms with van der Waals surface area (Å²) in [6, 6.07) is 12.5. The van der Waals surface area contributed by atoms with E-state index in [0.717, 1.165) is 11.3 Å². The molecule has 1 aliphatic heterocycles. The number of aryl methyl sites for hydroxylation is 1. The molecule has 124 valence electrons. The molecule has 1 unspecified atom stereocenters. The summed E-state index contributed by atoms with van der Waals surface area (Å²) in [6.45, 7) is 3.67. The topological polar surface area (TPSA) is 80.7 Å². The van der Waals surface area contributed by atoms with Crippen LogP contribution in [0.4, 0.5) is 5.88 Å². The SMILES string of the molecule is Cc1ccc(N2CCN(CC(O)c3ccc(C#N)cc3)CC2=O)o1. The standard InChI is InChI=1S/C18H19N3O3/c1-13-2-7-18(24-13)21-9-8-20(12-17(21)23)11-16(22)15-5-3-14(10-19)4-6-15/h2-7,16,22H,8-9,11-12H2,1H3. The zero-order valence-electron chi connectivity index (χ0n) is 13.5. The molecule has 1 aromatic carbocycles. The van der Waals surface area contributed by atoms with E-state index in [-0.39, 0.29) is 12.5 Å². The monoisotopic (exact) mass is 325 g/mol. The highest BCUT2D eigenvalue weighted by molar-refractivity contribution is 5.94. The Morgan fingerprint density at radius 1 is 1.25 bits per heavy atom. The molecule has 2 aromatic rings. The molecule has 1 atom stereocenters. The minimum atomic E-state index is -0.692. The molecule has 3 rings (SSSR count). The summed E-state index contributed by atoms with van der Waals surface area (Å²) in [7, 11) is 0. The minimum absolute atomic E-state index is 0.0392. The predicted molar refractivity (Wildman–Crippen MR) is 88.4 cm³/mol. The second kappa shape index (κ2) is 6.87. The van der Waals surface area contributed by atoms with Gasteiger partial charge in [0.2, 0.25) is 11.8 Å². The number of carbonyl (C=O) groups is 1. The van der Waals surface area contributed by atoms with E-state index < -0.39 is 6.10 Å². The van der Waals surface area contributed by atoms with E-state index in [1.54, 1.807) is 35.2 Å². The lowest BCUT2D eigenvalue weighted by Crippen LogP contribution is -2.51. The van der Waals surface area contributed by atoms with Crippen LogP contribution in [-0.4, -0.2) is 42.1 Å². The molecule has 0 radical (unpaired) electrons. The van der Waals surface area contributed by atoms with Crippen LogP contribution in [0, 0.1) is 18.3 Å². The molecule has 2 heterocycles. The van der Waals surface area contributed by atoms with Crippen molar-refractivity contribution in [2.45, 2.75) is 13.0 Å². The normalized spacial score (nSPS) is 16.9. The van der Waals surface area contributed by atoms with Gasteiger partial charge in [-0.15, -0.1) is 0 Å². The summed E-state index contributed by atoms with van der Waals surface area (Å²) in [6.07, 6.45) is -0.692. The Balaban J connectivity index is 1.59. The Morgan fingerprint density at radius 2 is 2.00 bits per heavy atom. The zero-order chi connectivity index (χ0) is 17.1. The van der Waals surface area contributed by atoms with Crippen molar-refractivity contribution >= 4 is 11.8 Å². The first kappa shape index (κ1) is 16.2. The summed E-state index contributed by atoms with van der Waals surface area (Å²) in [5.74, 6) is 1.31. The number of hydrogen-bond donors (Lipinski definition) is 1. The fourth-order valence-electron chi connectivity index (χ4n) is 2.81. The zero-order valence-corrected chi connectivity index (χ0v) is 13.5. The van der Waals surface area contributed by atoms with Gasteiger partial charge < -0.3 is 9.52 Å². The van der Waals surface area contributed by atoms with Gasteiger partial charge >= 0.3 is 0 Å². The quantitative estimate of drug-likeness (QED) is 0.928. The van der Waals surface area contributed by atoms with Crippen LogP contribution in [0.2, 0.25) is 0 Å². The van der Waals surface area contributed by atoms with Crippen LogP contribution in [0.3, 0.4) is 0 Å². The third-order valence-electron chi connectivity index (χ3n) is 4.15. The summed E-state index contributed by atoms with van der Waals surface area (Å²) < 4.78 is 5.51. The minimum Gasteiger partial charge on any atom is -0.445 e. The van der Waals surface area contributed by atoms with Gasteiger partial charge in [-0.25, -0.2) is 0 Å². The van der Waals surface area contributed by atoms with Gasteiger partial charge in [0.05, 0.1) is 24.3 Å². The van der Waals surface area contributed by atoms with Crippen molar-refractivity contribution in [2.75, 3.05) is 31.1 Å². The van der Waals surface area contributed by atoms with Crippen molar-refractivity contribution in [3.8, 4) is 6.07 Å². The van der Waals surface area contributed by atoms with Crippen molar-refractivity contribution in [3.05, 3.63) is 53.3 Å². The Bertz CT molecular complexity index is 761. The fourth-order valence-corrected chi connectivity index (χ4v) is 2.81. The number of nitrogens with zero attached hydrogens (tertiary/aromatic N) is 3. The lowest BCUT2D eigenvalue weighted by molar-refractivity contribution is -0.121. The third-order valence-corrected chi connectivity index (χ3v) is 4.15. The highest BCUT2D eigenvalue weighted by atomic mass is 16.4. The van der Waals surface area contributed by atoms with Crippen molar-refractivity contribution in [2.24, 2.45) is 0 Å². The Labute approximate surface area is 140 Å². The number of nitriles is 1. The first-order chi connectivity index (χ1) is 11.6. The molecule has 24 heavy (non-hydrogen) atoms. The van der Waals surface area contributed by atoms with Crippen LogP contribution in [0.1, 0.15) is 23.0 Å². The number of aliphatic hydroxyl groups excluding tert-OH is 1. The van der Waals surface area contributed by atoms with E-state index in [9.17, 15) is 9.90 Å². The Kier molecular flexibility index (Phi) is 4.65. The molecule has 1 N–H and O–H groups in total. The molecule has 1 amide bonds. The molecular formula is C18H19N3O3. The molecule has 1 saturated heterocycles. The molecule has 6 heteroatoms. The van der Waals surface area contributed by atoms with Crippen LogP contribution in [0.15, 0.2) is 40.8 Å². The molecular weight excluding hydrogens is 306 g/mol. The number of aliphatic hydroxyl groups is 1. The predicted octanol–water partition coefficient (Wildman–Crippen LogP) is 1.84. The maximum absolute atomic E-state index is 12.3. The molecule has 0 aliphatic carbocycles. The smallest absolute Gasteiger partial charge is 0.243 e. The second-order valence-corrected chi connectivity index (χ2v) is 5.91. The first-order valence-electron chi connectivity index (χ1n) is 7.84. The van der Waals surface area contributed by atoms with E-state index in [0.29, 0.717) is 31.1 Å². The van der Waals surface area contributed by atoms with E-state index >= 15 is 0 Å².